The van der Waals surface area contributed by atoms with Crippen LogP contribution >= 0.6 is 11.6 Å². The van der Waals surface area contributed by atoms with Crippen molar-refractivity contribution < 1.29 is 4.79 Å². The van der Waals surface area contributed by atoms with Crippen molar-refractivity contribution in [2.45, 2.75) is 32.1 Å². The normalized spacial score (nSPS) is 16.1. The van der Waals surface area contributed by atoms with E-state index in [0.717, 1.165) is 52.2 Å². The van der Waals surface area contributed by atoms with Crippen molar-refractivity contribution >= 4 is 56.4 Å². The summed E-state index contributed by atoms with van der Waals surface area (Å²) in [6, 6.07) is 40.6. The quantitative estimate of drug-likeness (QED) is 0.198. The molecule has 218 valence electrons. The summed E-state index contributed by atoms with van der Waals surface area (Å²) >= 11 is 6.36. The smallest absolute Gasteiger partial charge is 0.160 e. The zero-order valence-electron chi connectivity index (χ0n) is 25.0. The Morgan fingerprint density at radius 2 is 1.49 bits per heavy atom. The van der Waals surface area contributed by atoms with Crippen molar-refractivity contribution in [2.24, 2.45) is 0 Å². The Morgan fingerprint density at radius 1 is 0.711 bits per heavy atom. The maximum Gasteiger partial charge on any atom is 0.160 e. The van der Waals surface area contributed by atoms with Crippen molar-refractivity contribution in [1.29, 1.82) is 0 Å². The Hall–Kier alpha value is -4.92. The average Bonchev–Trinajstić information content (AvgIpc) is 3.42. The first kappa shape index (κ1) is 27.6. The zero-order valence-corrected chi connectivity index (χ0v) is 25.7. The van der Waals surface area contributed by atoms with Gasteiger partial charge in [-0.15, -0.1) is 0 Å². The van der Waals surface area contributed by atoms with Gasteiger partial charge in [0, 0.05) is 27.9 Å². The van der Waals surface area contributed by atoms with Gasteiger partial charge in [0.25, 0.3) is 0 Å². The highest BCUT2D eigenvalue weighted by atomic mass is 35.5. The molecule has 0 aliphatic heterocycles. The van der Waals surface area contributed by atoms with Gasteiger partial charge >= 0.3 is 0 Å². The lowest BCUT2D eigenvalue weighted by Gasteiger charge is -2.21. The molecular formula is C42H32ClNO. The lowest BCUT2D eigenvalue weighted by Crippen LogP contribution is -2.08. The van der Waals surface area contributed by atoms with Gasteiger partial charge < -0.3 is 4.57 Å². The first-order chi connectivity index (χ1) is 22.1. The number of allylic oxidation sites excluding steroid dienone is 5. The SMILES string of the molecule is O=C1/C=C(/Cc2ccc3c(c2)c2ccccc2n3-c2ccccc2)c2ccccc2C2=CCCCc3cc(Cl)ccc3C=C2C1. The van der Waals surface area contributed by atoms with Crippen molar-refractivity contribution in [2.75, 3.05) is 0 Å². The molecule has 0 radical (unpaired) electrons. The number of halogens is 1. The molecule has 0 spiro atoms. The van der Waals surface area contributed by atoms with E-state index in [2.05, 4.69) is 126 Å². The predicted molar refractivity (Wildman–Crippen MR) is 189 cm³/mol. The number of hydrogen-bond donors (Lipinski definition) is 0. The molecule has 0 fully saturated rings. The summed E-state index contributed by atoms with van der Waals surface area (Å²) in [6.45, 7) is 0. The Bertz CT molecular complexity index is 2210. The maximum atomic E-state index is 13.7. The molecule has 1 heterocycles. The Morgan fingerprint density at radius 3 is 2.38 bits per heavy atom. The second-order valence-electron chi connectivity index (χ2n) is 12.1. The van der Waals surface area contributed by atoms with Crippen molar-refractivity contribution in [3.05, 3.63) is 166 Å². The van der Waals surface area contributed by atoms with Crippen LogP contribution in [0.3, 0.4) is 0 Å². The maximum absolute atomic E-state index is 13.7. The monoisotopic (exact) mass is 601 g/mol. The summed E-state index contributed by atoms with van der Waals surface area (Å²) in [5, 5.41) is 3.21. The summed E-state index contributed by atoms with van der Waals surface area (Å²) in [6.07, 6.45) is 10.4. The first-order valence-electron chi connectivity index (χ1n) is 15.7. The average molecular weight is 602 g/mol. The van der Waals surface area contributed by atoms with E-state index in [0.29, 0.717) is 12.8 Å². The zero-order chi connectivity index (χ0) is 30.3. The van der Waals surface area contributed by atoms with Crippen LogP contribution in [0.4, 0.5) is 0 Å². The van der Waals surface area contributed by atoms with Crippen molar-refractivity contribution in [3.8, 4) is 5.69 Å². The van der Waals surface area contributed by atoms with Crippen LogP contribution in [0.5, 0.6) is 0 Å². The molecular weight excluding hydrogens is 570 g/mol. The van der Waals surface area contributed by atoms with E-state index in [1.165, 1.54) is 44.1 Å². The van der Waals surface area contributed by atoms with Gasteiger partial charge in [-0.25, -0.2) is 0 Å². The highest BCUT2D eigenvalue weighted by Gasteiger charge is 2.22. The Labute approximate surface area is 268 Å². The van der Waals surface area contributed by atoms with Crippen molar-refractivity contribution in [3.63, 3.8) is 0 Å². The number of aryl methyl sites for hydroxylation is 1. The van der Waals surface area contributed by atoms with Crippen LogP contribution in [0, 0.1) is 0 Å². The van der Waals surface area contributed by atoms with E-state index in [1.807, 2.05) is 12.1 Å². The number of carbonyl (C=O) groups excluding carboxylic acids is 1. The molecule has 0 N–H and O–H groups in total. The van der Waals surface area contributed by atoms with Gasteiger partial charge in [0.1, 0.15) is 0 Å². The van der Waals surface area contributed by atoms with Gasteiger partial charge in [-0.2, -0.15) is 0 Å². The summed E-state index contributed by atoms with van der Waals surface area (Å²) in [5.41, 5.74) is 12.7. The van der Waals surface area contributed by atoms with Crippen LogP contribution in [-0.2, 0) is 17.6 Å². The van der Waals surface area contributed by atoms with Crippen LogP contribution in [-0.4, -0.2) is 10.4 Å². The van der Waals surface area contributed by atoms with Crippen LogP contribution in [0.2, 0.25) is 5.02 Å². The fraction of sp³-hybridized carbons (Fsp3) is 0.119. The molecule has 1 aromatic heterocycles. The van der Waals surface area contributed by atoms with Gasteiger partial charge in [0.05, 0.1) is 11.0 Å². The van der Waals surface area contributed by atoms with Gasteiger partial charge in [-0.05, 0) is 119 Å². The Kier molecular flexibility index (Phi) is 7.08. The third kappa shape index (κ3) is 5.16. The molecule has 0 saturated heterocycles. The molecule has 6 aromatic rings. The lowest BCUT2D eigenvalue weighted by atomic mass is 9.82. The van der Waals surface area contributed by atoms with Gasteiger partial charge in [-0.1, -0.05) is 96.5 Å². The molecule has 0 atom stereocenters. The van der Waals surface area contributed by atoms with E-state index < -0.39 is 0 Å². The highest BCUT2D eigenvalue weighted by Crippen LogP contribution is 2.39. The molecule has 0 bridgehead atoms. The molecule has 8 rings (SSSR count). The number of carbonyl (C=O) groups is 1. The number of hydrogen-bond acceptors (Lipinski definition) is 1. The fourth-order valence-electron chi connectivity index (χ4n) is 7.16. The van der Waals surface area contributed by atoms with Crippen LogP contribution in [0.15, 0.2) is 133 Å². The summed E-state index contributed by atoms with van der Waals surface area (Å²) in [7, 11) is 0. The third-order valence-corrected chi connectivity index (χ3v) is 9.42. The third-order valence-electron chi connectivity index (χ3n) is 9.19. The van der Waals surface area contributed by atoms with Crippen LogP contribution in [0.25, 0.3) is 44.7 Å². The minimum atomic E-state index is 0.133. The molecule has 3 heteroatoms. The van der Waals surface area contributed by atoms with Gasteiger partial charge in [-0.3, -0.25) is 4.79 Å². The topological polar surface area (TPSA) is 22.0 Å². The van der Waals surface area contributed by atoms with E-state index in [4.69, 9.17) is 11.6 Å². The second kappa shape index (κ2) is 11.5. The second-order valence-corrected chi connectivity index (χ2v) is 12.5. The first-order valence-corrected chi connectivity index (χ1v) is 16.1. The number of para-hydroxylation sites is 2. The molecule has 0 amide bonds. The largest absolute Gasteiger partial charge is 0.309 e. The van der Waals surface area contributed by atoms with E-state index in [9.17, 15) is 4.79 Å². The van der Waals surface area contributed by atoms with E-state index in [1.54, 1.807) is 0 Å². The van der Waals surface area contributed by atoms with Crippen LogP contribution < -0.4 is 0 Å². The number of rotatable bonds is 3. The number of ketones is 1. The standard InChI is InChI=1S/C42H32ClNO/c43-33-20-19-30-24-32-27-35(45)26-31(36-14-6-7-15-38(36)37(32)13-5-4-10-29(30)25-33)22-28-18-21-42-40(23-28)39-16-8-9-17-41(39)44(42)34-11-2-1-3-12-34/h1-3,6-9,11-21,23-26H,4-5,10,22,27H2/b31-26-,32-24?,37-13?. The minimum Gasteiger partial charge on any atom is -0.309 e. The lowest BCUT2D eigenvalue weighted by molar-refractivity contribution is -0.113. The predicted octanol–water partition coefficient (Wildman–Crippen LogP) is 10.8. The number of fused-ring (bicyclic) bond motifs is 7. The summed E-state index contributed by atoms with van der Waals surface area (Å²) in [4.78, 5) is 13.7. The van der Waals surface area contributed by atoms with Crippen LogP contribution in [0.1, 0.15) is 47.1 Å². The van der Waals surface area contributed by atoms with Gasteiger partial charge in [0.15, 0.2) is 5.78 Å². The van der Waals surface area contributed by atoms with E-state index >= 15 is 0 Å². The highest BCUT2D eigenvalue weighted by molar-refractivity contribution is 6.30. The summed E-state index contributed by atoms with van der Waals surface area (Å²) < 4.78 is 2.34. The molecule has 0 saturated carbocycles. The molecule has 0 unspecified atom stereocenters. The summed E-state index contributed by atoms with van der Waals surface area (Å²) in [5.74, 6) is 0.133. The minimum absolute atomic E-state index is 0.133. The van der Waals surface area contributed by atoms with Gasteiger partial charge in [0.2, 0.25) is 0 Å². The molecule has 2 aliphatic rings. The fourth-order valence-corrected chi connectivity index (χ4v) is 7.35. The molecule has 2 aliphatic carbocycles. The molecule has 2 nitrogen and oxygen atoms in total. The molecule has 5 aromatic carbocycles. The number of nitrogens with zero attached hydrogens (tertiary/aromatic N) is 1. The Balaban J connectivity index is 1.23. The number of aromatic nitrogens is 1. The molecule has 45 heavy (non-hydrogen) atoms. The van der Waals surface area contributed by atoms with Crippen molar-refractivity contribution in [1.82, 2.24) is 4.57 Å². The number of benzene rings is 5. The van der Waals surface area contributed by atoms with E-state index in [-0.39, 0.29) is 5.78 Å².